The van der Waals surface area contributed by atoms with Gasteiger partial charge in [-0.3, -0.25) is 19.7 Å². The Kier molecular flexibility index (Phi) is 3.38. The monoisotopic (exact) mass is 264 g/mol. The van der Waals surface area contributed by atoms with E-state index in [0.29, 0.717) is 5.82 Å². The Hall–Kier alpha value is -2.55. The molecule has 0 spiro atoms. The summed E-state index contributed by atoms with van der Waals surface area (Å²) in [6.45, 7) is 1.34. The summed E-state index contributed by atoms with van der Waals surface area (Å²) >= 11 is 0. The maximum absolute atomic E-state index is 12.1. The van der Waals surface area contributed by atoms with Gasteiger partial charge in [-0.15, -0.1) is 10.2 Å². The number of nitrogens with one attached hydrogen (secondary N) is 2. The van der Waals surface area contributed by atoms with Crippen LogP contribution < -0.4 is 16.6 Å². The van der Waals surface area contributed by atoms with Crippen molar-refractivity contribution in [3.63, 3.8) is 0 Å². The minimum atomic E-state index is -0.737. The van der Waals surface area contributed by atoms with E-state index in [4.69, 9.17) is 5.84 Å². The fourth-order valence-electron chi connectivity index (χ4n) is 1.63. The molecule has 0 bridgehead atoms. The summed E-state index contributed by atoms with van der Waals surface area (Å²) in [5, 5.41) is 9.49. The molecule has 0 saturated carbocycles. The van der Waals surface area contributed by atoms with E-state index in [2.05, 4.69) is 20.9 Å². The summed E-state index contributed by atoms with van der Waals surface area (Å²) in [6.07, 6.45) is 0. The van der Waals surface area contributed by atoms with Crippen LogP contribution in [-0.4, -0.2) is 45.4 Å². The number of anilines is 1. The highest BCUT2D eigenvalue weighted by Gasteiger charge is 2.34. The number of carbonyl (C=O) groups excluding carboxylic acids is 3. The van der Waals surface area contributed by atoms with Gasteiger partial charge in [-0.1, -0.05) is 0 Å². The number of piperazine rings is 1. The molecule has 100 valence electrons. The molecular formula is C10H12N6O3. The largest absolute Gasteiger partial charge is 0.316 e. The van der Waals surface area contributed by atoms with Crippen LogP contribution in [0.15, 0.2) is 12.1 Å². The van der Waals surface area contributed by atoms with Gasteiger partial charge < -0.3 is 10.3 Å². The van der Waals surface area contributed by atoms with Crippen LogP contribution in [0, 0.1) is 0 Å². The molecule has 0 aromatic carbocycles. The molecule has 9 nitrogen and oxygen atoms in total. The summed E-state index contributed by atoms with van der Waals surface area (Å²) in [6, 6.07) is 2.14. The van der Waals surface area contributed by atoms with Gasteiger partial charge in [0.15, 0.2) is 11.5 Å². The first-order chi connectivity index (χ1) is 9.02. The molecule has 1 aliphatic rings. The maximum atomic E-state index is 12.1. The Morgan fingerprint density at radius 2 is 2.21 bits per heavy atom. The molecule has 4 N–H and O–H groups in total. The van der Waals surface area contributed by atoms with E-state index >= 15 is 0 Å². The number of aromatic nitrogens is 2. The van der Waals surface area contributed by atoms with Crippen molar-refractivity contribution in [2.45, 2.75) is 13.0 Å². The maximum Gasteiger partial charge on any atom is 0.275 e. The van der Waals surface area contributed by atoms with Crippen molar-refractivity contribution in [3.05, 3.63) is 17.8 Å². The normalized spacial score (nSPS) is 19.1. The number of nitrogens with zero attached hydrogens (tertiary/aromatic N) is 3. The SMILES string of the molecule is CC1C(=O)NC(=O)CN1C(=O)c1ccc(NN)nn1. The number of amides is 3. The van der Waals surface area contributed by atoms with Gasteiger partial charge >= 0.3 is 0 Å². The van der Waals surface area contributed by atoms with Crippen LogP contribution >= 0.6 is 0 Å². The van der Waals surface area contributed by atoms with E-state index in [1.165, 1.54) is 19.1 Å². The predicted molar refractivity (Wildman–Crippen MR) is 63.5 cm³/mol. The number of nitrogens with two attached hydrogens (primary N) is 1. The fourth-order valence-corrected chi connectivity index (χ4v) is 1.63. The molecule has 1 fully saturated rings. The zero-order valence-electron chi connectivity index (χ0n) is 10.1. The van der Waals surface area contributed by atoms with Crippen LogP contribution in [0.1, 0.15) is 17.4 Å². The number of nitrogen functional groups attached to an aromatic ring is 1. The van der Waals surface area contributed by atoms with Crippen LogP contribution in [0.5, 0.6) is 0 Å². The summed E-state index contributed by atoms with van der Waals surface area (Å²) in [5.74, 6) is 3.86. The van der Waals surface area contributed by atoms with Crippen molar-refractivity contribution >= 4 is 23.5 Å². The highest BCUT2D eigenvalue weighted by molar-refractivity contribution is 6.06. The minimum Gasteiger partial charge on any atom is -0.316 e. The standard InChI is InChI=1S/C10H12N6O3/c1-5-9(18)12-8(17)4-16(5)10(19)6-2-3-7(13-11)15-14-6/h2-3,5H,4,11H2,1H3,(H,13,15)(H,12,17,18). The van der Waals surface area contributed by atoms with Crippen LogP contribution in [-0.2, 0) is 9.59 Å². The summed E-state index contributed by atoms with van der Waals surface area (Å²) in [7, 11) is 0. The molecule has 2 heterocycles. The lowest BCUT2D eigenvalue weighted by atomic mass is 10.2. The van der Waals surface area contributed by atoms with Gasteiger partial charge in [0, 0.05) is 0 Å². The van der Waals surface area contributed by atoms with Crippen molar-refractivity contribution in [2.75, 3.05) is 12.0 Å². The molecule has 1 aromatic heterocycles. The second-order valence-electron chi connectivity index (χ2n) is 3.97. The second kappa shape index (κ2) is 4.98. The van der Waals surface area contributed by atoms with Gasteiger partial charge in [0.1, 0.15) is 12.6 Å². The van der Waals surface area contributed by atoms with E-state index in [1.807, 2.05) is 0 Å². The summed E-state index contributed by atoms with van der Waals surface area (Å²) in [4.78, 5) is 36.0. The second-order valence-corrected chi connectivity index (χ2v) is 3.97. The number of imide groups is 1. The first kappa shape index (κ1) is 12.9. The average molecular weight is 264 g/mol. The van der Waals surface area contributed by atoms with Gasteiger partial charge in [-0.05, 0) is 19.1 Å². The molecule has 1 saturated heterocycles. The van der Waals surface area contributed by atoms with Crippen molar-refractivity contribution in [3.8, 4) is 0 Å². The van der Waals surface area contributed by atoms with E-state index in [9.17, 15) is 14.4 Å². The molecule has 1 atom stereocenters. The predicted octanol–water partition coefficient (Wildman–Crippen LogP) is -1.75. The van der Waals surface area contributed by atoms with Gasteiger partial charge in [0.05, 0.1) is 0 Å². The highest BCUT2D eigenvalue weighted by Crippen LogP contribution is 2.10. The van der Waals surface area contributed by atoms with Crippen LogP contribution in [0.3, 0.4) is 0 Å². The molecule has 3 amide bonds. The molecule has 1 aliphatic heterocycles. The third-order valence-corrected chi connectivity index (χ3v) is 2.72. The van der Waals surface area contributed by atoms with E-state index in [-0.39, 0.29) is 12.2 Å². The first-order valence-corrected chi connectivity index (χ1v) is 5.48. The van der Waals surface area contributed by atoms with Crippen molar-refractivity contribution in [1.82, 2.24) is 20.4 Å². The molecular weight excluding hydrogens is 252 g/mol. The quantitative estimate of drug-likeness (QED) is 0.328. The lowest BCUT2D eigenvalue weighted by Gasteiger charge is -2.31. The van der Waals surface area contributed by atoms with E-state index < -0.39 is 23.8 Å². The molecule has 0 radical (unpaired) electrons. The average Bonchev–Trinajstić information content (AvgIpc) is 2.42. The fraction of sp³-hybridized carbons (Fsp3) is 0.300. The zero-order chi connectivity index (χ0) is 14.0. The molecule has 1 unspecified atom stereocenters. The zero-order valence-corrected chi connectivity index (χ0v) is 10.1. The van der Waals surface area contributed by atoms with Crippen molar-refractivity contribution in [1.29, 1.82) is 0 Å². The molecule has 1 aromatic rings. The Morgan fingerprint density at radius 3 is 2.79 bits per heavy atom. The third kappa shape index (κ3) is 2.50. The lowest BCUT2D eigenvalue weighted by molar-refractivity contribution is -0.138. The molecule has 0 aliphatic carbocycles. The Labute approximate surface area is 108 Å². The highest BCUT2D eigenvalue weighted by atomic mass is 16.2. The van der Waals surface area contributed by atoms with E-state index in [0.717, 1.165) is 4.90 Å². The Bertz CT molecular complexity index is 529. The summed E-state index contributed by atoms with van der Waals surface area (Å²) < 4.78 is 0. The number of hydrazine groups is 1. The van der Waals surface area contributed by atoms with Crippen LogP contribution in [0.2, 0.25) is 0 Å². The minimum absolute atomic E-state index is 0.0355. The number of hydrogen-bond acceptors (Lipinski definition) is 7. The number of rotatable bonds is 2. The number of carbonyl (C=O) groups is 3. The topological polar surface area (TPSA) is 130 Å². The van der Waals surface area contributed by atoms with Gasteiger partial charge in [-0.2, -0.15) is 0 Å². The van der Waals surface area contributed by atoms with Gasteiger partial charge in [-0.25, -0.2) is 5.84 Å². The van der Waals surface area contributed by atoms with Crippen molar-refractivity contribution in [2.24, 2.45) is 5.84 Å². The smallest absolute Gasteiger partial charge is 0.275 e. The third-order valence-electron chi connectivity index (χ3n) is 2.72. The van der Waals surface area contributed by atoms with Crippen molar-refractivity contribution < 1.29 is 14.4 Å². The number of hydrogen-bond donors (Lipinski definition) is 3. The van der Waals surface area contributed by atoms with E-state index in [1.54, 1.807) is 0 Å². The molecule has 2 rings (SSSR count). The van der Waals surface area contributed by atoms with Crippen LogP contribution in [0.4, 0.5) is 5.82 Å². The molecule has 19 heavy (non-hydrogen) atoms. The first-order valence-electron chi connectivity index (χ1n) is 5.48. The summed E-state index contributed by atoms with van der Waals surface area (Å²) in [5.41, 5.74) is 2.31. The van der Waals surface area contributed by atoms with Gasteiger partial charge in [0.2, 0.25) is 11.8 Å². The Balaban J connectivity index is 2.22. The van der Waals surface area contributed by atoms with Gasteiger partial charge in [0.25, 0.3) is 5.91 Å². The molecule has 9 heteroatoms. The van der Waals surface area contributed by atoms with Crippen LogP contribution in [0.25, 0.3) is 0 Å². The lowest BCUT2D eigenvalue weighted by Crippen LogP contribution is -2.58. The Morgan fingerprint density at radius 1 is 1.47 bits per heavy atom.